The molecule has 1 amide bonds. The van der Waals surface area contributed by atoms with Crippen molar-refractivity contribution in [3.8, 4) is 0 Å². The van der Waals surface area contributed by atoms with E-state index in [0.29, 0.717) is 5.95 Å². The lowest BCUT2D eigenvalue weighted by molar-refractivity contribution is -0.119. The topological polar surface area (TPSA) is 62.2 Å². The van der Waals surface area contributed by atoms with E-state index >= 15 is 0 Å². The van der Waals surface area contributed by atoms with Crippen LogP contribution < -0.4 is 10.6 Å². The minimum Gasteiger partial charge on any atom is -0.316 e. The van der Waals surface area contributed by atoms with E-state index in [1.807, 2.05) is 18.2 Å². The fourth-order valence-electron chi connectivity index (χ4n) is 3.27. The van der Waals surface area contributed by atoms with Gasteiger partial charge >= 0.3 is 0 Å². The number of anilines is 1. The first-order chi connectivity index (χ1) is 11.7. The third-order valence-electron chi connectivity index (χ3n) is 4.85. The van der Waals surface area contributed by atoms with Gasteiger partial charge in [0.1, 0.15) is 0 Å². The van der Waals surface area contributed by atoms with Crippen LogP contribution in [-0.2, 0) is 11.3 Å². The molecular weight excluding hydrogens is 373 g/mol. The highest BCUT2D eigenvalue weighted by Crippen LogP contribution is 2.21. The van der Waals surface area contributed by atoms with Gasteiger partial charge in [0.15, 0.2) is 0 Å². The molecule has 3 rings (SSSR count). The van der Waals surface area contributed by atoms with Crippen LogP contribution in [0, 0.1) is 5.92 Å². The quantitative estimate of drug-likeness (QED) is 0.748. The Morgan fingerprint density at radius 3 is 2.69 bits per heavy atom. The molecule has 0 spiro atoms. The molecular formula is C18H29Cl2N5O. The van der Waals surface area contributed by atoms with Gasteiger partial charge < -0.3 is 14.8 Å². The molecule has 26 heavy (non-hydrogen) atoms. The van der Waals surface area contributed by atoms with E-state index in [2.05, 4.69) is 45.0 Å². The number of halogens is 2. The maximum absolute atomic E-state index is 12.5. The third kappa shape index (κ3) is 5.10. The number of rotatable bonds is 7. The van der Waals surface area contributed by atoms with Gasteiger partial charge in [-0.1, -0.05) is 26.0 Å². The summed E-state index contributed by atoms with van der Waals surface area (Å²) < 4.78 is 2.13. The van der Waals surface area contributed by atoms with Crippen molar-refractivity contribution in [2.75, 3.05) is 38.0 Å². The largest absolute Gasteiger partial charge is 0.316 e. The number of carbonyl (C=O) groups is 1. The maximum atomic E-state index is 12.5. The van der Waals surface area contributed by atoms with E-state index in [9.17, 15) is 4.79 Å². The number of imidazole rings is 1. The van der Waals surface area contributed by atoms with Crippen molar-refractivity contribution in [2.24, 2.45) is 5.92 Å². The summed E-state index contributed by atoms with van der Waals surface area (Å²) in [5.74, 6) is 0.778. The summed E-state index contributed by atoms with van der Waals surface area (Å²) in [5, 5.41) is 6.30. The van der Waals surface area contributed by atoms with Gasteiger partial charge in [0.2, 0.25) is 11.9 Å². The second kappa shape index (κ2) is 10.7. The van der Waals surface area contributed by atoms with Crippen molar-refractivity contribution < 1.29 is 4.79 Å². The molecule has 0 aliphatic carbocycles. The van der Waals surface area contributed by atoms with Gasteiger partial charge in [0.05, 0.1) is 17.0 Å². The highest BCUT2D eigenvalue weighted by atomic mass is 35.5. The first-order valence-corrected chi connectivity index (χ1v) is 8.92. The number of aromatic nitrogens is 2. The molecule has 1 aliphatic heterocycles. The van der Waals surface area contributed by atoms with E-state index in [4.69, 9.17) is 0 Å². The number of nitrogens with one attached hydrogen (secondary N) is 2. The number of carbonyl (C=O) groups excluding carboxylic acids is 1. The van der Waals surface area contributed by atoms with Crippen LogP contribution in [-0.4, -0.2) is 53.1 Å². The molecule has 0 bridgehead atoms. The van der Waals surface area contributed by atoms with Gasteiger partial charge in [-0.2, -0.15) is 0 Å². The number of benzene rings is 1. The second-order valence-corrected chi connectivity index (χ2v) is 6.28. The molecule has 2 N–H and O–H groups in total. The molecule has 1 aromatic carbocycles. The Hall–Kier alpha value is -1.34. The lowest BCUT2D eigenvalue weighted by atomic mass is 10.1. The zero-order chi connectivity index (χ0) is 16.9. The Morgan fingerprint density at radius 1 is 1.31 bits per heavy atom. The standard InChI is InChI=1S/C18H27N5O.2ClH/c1-3-22(4-2)11-12-23-16-8-6-5-7-15(16)20-18(23)21-17(24)14-9-10-19-13-14;;/h5-8,14,19H,3-4,9-13H2,1-2H3,(H,20,21,24);2*1H. The van der Waals surface area contributed by atoms with Crippen LogP contribution in [0.4, 0.5) is 5.95 Å². The highest BCUT2D eigenvalue weighted by molar-refractivity contribution is 5.93. The molecule has 0 saturated carbocycles. The molecule has 1 saturated heterocycles. The monoisotopic (exact) mass is 401 g/mol. The number of para-hydroxylation sites is 2. The van der Waals surface area contributed by atoms with Gasteiger partial charge in [-0.05, 0) is 38.2 Å². The predicted octanol–water partition coefficient (Wildman–Crippen LogP) is 2.77. The summed E-state index contributed by atoms with van der Waals surface area (Å²) in [4.78, 5) is 19.5. The number of likely N-dealkylation sites (N-methyl/N-ethyl adjacent to an activating group) is 1. The van der Waals surface area contributed by atoms with Gasteiger partial charge in [-0.25, -0.2) is 4.98 Å². The summed E-state index contributed by atoms with van der Waals surface area (Å²) in [6, 6.07) is 8.06. The van der Waals surface area contributed by atoms with Crippen molar-refractivity contribution in [3.05, 3.63) is 24.3 Å². The Balaban J connectivity index is 0.00000169. The molecule has 1 aliphatic rings. The smallest absolute Gasteiger partial charge is 0.231 e. The first kappa shape index (κ1) is 22.7. The van der Waals surface area contributed by atoms with Crippen LogP contribution in [0.15, 0.2) is 24.3 Å². The van der Waals surface area contributed by atoms with Crippen LogP contribution in [0.25, 0.3) is 11.0 Å². The summed E-state index contributed by atoms with van der Waals surface area (Å²) >= 11 is 0. The minimum absolute atomic E-state index is 0. The molecule has 2 heterocycles. The van der Waals surface area contributed by atoms with E-state index in [0.717, 1.165) is 56.7 Å². The maximum Gasteiger partial charge on any atom is 0.231 e. The van der Waals surface area contributed by atoms with E-state index < -0.39 is 0 Å². The Bertz CT molecular complexity index is 696. The van der Waals surface area contributed by atoms with Crippen LogP contribution in [0.3, 0.4) is 0 Å². The minimum atomic E-state index is 0. The van der Waals surface area contributed by atoms with Crippen molar-refractivity contribution in [1.82, 2.24) is 19.8 Å². The summed E-state index contributed by atoms with van der Waals surface area (Å²) in [6.07, 6.45) is 0.894. The second-order valence-electron chi connectivity index (χ2n) is 6.28. The van der Waals surface area contributed by atoms with E-state index in [1.165, 1.54) is 0 Å². The number of amides is 1. The Morgan fingerprint density at radius 2 is 2.04 bits per heavy atom. The van der Waals surface area contributed by atoms with E-state index in [-0.39, 0.29) is 36.6 Å². The molecule has 2 aromatic rings. The number of hydrogen-bond donors (Lipinski definition) is 2. The molecule has 146 valence electrons. The molecule has 8 heteroatoms. The molecule has 1 atom stereocenters. The highest BCUT2D eigenvalue weighted by Gasteiger charge is 2.24. The van der Waals surface area contributed by atoms with Gasteiger partial charge in [0.25, 0.3) is 0 Å². The zero-order valence-electron chi connectivity index (χ0n) is 15.4. The SMILES string of the molecule is CCN(CC)CCn1c(NC(=O)C2CCNC2)nc2ccccc21.Cl.Cl. The van der Waals surface area contributed by atoms with Crippen molar-refractivity contribution in [2.45, 2.75) is 26.8 Å². The van der Waals surface area contributed by atoms with Crippen molar-refractivity contribution >= 4 is 47.7 Å². The summed E-state index contributed by atoms with van der Waals surface area (Å²) in [6.45, 7) is 9.83. The number of nitrogens with zero attached hydrogens (tertiary/aromatic N) is 3. The number of hydrogen-bond acceptors (Lipinski definition) is 4. The van der Waals surface area contributed by atoms with Crippen LogP contribution in [0.1, 0.15) is 20.3 Å². The summed E-state index contributed by atoms with van der Waals surface area (Å²) in [5.41, 5.74) is 2.00. The van der Waals surface area contributed by atoms with Crippen LogP contribution in [0.2, 0.25) is 0 Å². The predicted molar refractivity (Wildman–Crippen MR) is 112 cm³/mol. The normalized spacial score (nSPS) is 16.3. The van der Waals surface area contributed by atoms with Gasteiger partial charge in [-0.3, -0.25) is 10.1 Å². The third-order valence-corrected chi connectivity index (χ3v) is 4.85. The average molecular weight is 402 g/mol. The molecule has 6 nitrogen and oxygen atoms in total. The van der Waals surface area contributed by atoms with Crippen molar-refractivity contribution in [3.63, 3.8) is 0 Å². The summed E-state index contributed by atoms with van der Waals surface area (Å²) in [7, 11) is 0. The van der Waals surface area contributed by atoms with Gasteiger partial charge in [0, 0.05) is 19.6 Å². The Labute approximate surface area is 167 Å². The molecule has 1 unspecified atom stereocenters. The first-order valence-electron chi connectivity index (χ1n) is 8.92. The van der Waals surface area contributed by atoms with Crippen LogP contribution >= 0.6 is 24.8 Å². The van der Waals surface area contributed by atoms with Gasteiger partial charge in [-0.15, -0.1) is 24.8 Å². The van der Waals surface area contributed by atoms with Crippen molar-refractivity contribution in [1.29, 1.82) is 0 Å². The lowest BCUT2D eigenvalue weighted by Gasteiger charge is -2.19. The molecule has 0 radical (unpaired) electrons. The fourth-order valence-corrected chi connectivity index (χ4v) is 3.27. The fraction of sp³-hybridized carbons (Fsp3) is 0.556. The number of fused-ring (bicyclic) bond motifs is 1. The Kier molecular flexibility index (Phi) is 9.36. The lowest BCUT2D eigenvalue weighted by Crippen LogP contribution is -2.29. The molecule has 1 aromatic heterocycles. The van der Waals surface area contributed by atoms with E-state index in [1.54, 1.807) is 0 Å². The van der Waals surface area contributed by atoms with Crippen LogP contribution in [0.5, 0.6) is 0 Å². The average Bonchev–Trinajstić information content (AvgIpc) is 3.24. The zero-order valence-corrected chi connectivity index (χ0v) is 17.0. The molecule has 1 fully saturated rings.